The van der Waals surface area contributed by atoms with E-state index in [1.165, 1.54) is 11.8 Å². The van der Waals surface area contributed by atoms with E-state index < -0.39 is 0 Å². The summed E-state index contributed by atoms with van der Waals surface area (Å²) in [4.78, 5) is 25.6. The van der Waals surface area contributed by atoms with Crippen LogP contribution in [0.1, 0.15) is 18.1 Å². The quantitative estimate of drug-likeness (QED) is 0.872. The van der Waals surface area contributed by atoms with Gasteiger partial charge in [-0.15, -0.1) is 0 Å². The molecule has 0 bridgehead atoms. The maximum Gasteiger partial charge on any atom is 0.240 e. The lowest BCUT2D eigenvalue weighted by Gasteiger charge is -2.23. The van der Waals surface area contributed by atoms with Crippen molar-refractivity contribution < 1.29 is 9.59 Å². The predicted octanol–water partition coefficient (Wildman–Crippen LogP) is 3.97. The van der Waals surface area contributed by atoms with Gasteiger partial charge in [0.25, 0.3) is 0 Å². The molecular weight excluding hydrogens is 347 g/mol. The van der Waals surface area contributed by atoms with Crippen molar-refractivity contribution >= 4 is 40.7 Å². The number of hydrogen-bond acceptors (Lipinski definition) is 2. The molecule has 0 aliphatic heterocycles. The monoisotopic (exact) mass is 364 g/mol. The van der Waals surface area contributed by atoms with Crippen LogP contribution >= 0.6 is 23.2 Å². The number of carbonyl (C=O) groups excluding carboxylic acids is 2. The summed E-state index contributed by atoms with van der Waals surface area (Å²) in [5, 5.41) is 3.92. The van der Waals surface area contributed by atoms with E-state index in [1.54, 1.807) is 24.3 Å². The van der Waals surface area contributed by atoms with Gasteiger partial charge in [0.05, 0.1) is 0 Å². The van der Waals surface area contributed by atoms with E-state index in [1.807, 2.05) is 25.1 Å². The van der Waals surface area contributed by atoms with E-state index in [2.05, 4.69) is 5.32 Å². The number of nitrogens with one attached hydrogen (secondary N) is 1. The first-order valence-corrected chi connectivity index (χ1v) is 8.19. The Morgan fingerprint density at radius 3 is 2.38 bits per heavy atom. The molecule has 0 aliphatic carbocycles. The first-order valence-electron chi connectivity index (χ1n) is 7.43. The topological polar surface area (TPSA) is 49.4 Å². The third-order valence-electron chi connectivity index (χ3n) is 3.65. The van der Waals surface area contributed by atoms with Crippen LogP contribution in [0.15, 0.2) is 42.5 Å². The normalized spacial score (nSPS) is 10.3. The number of benzene rings is 2. The molecule has 0 heterocycles. The van der Waals surface area contributed by atoms with E-state index in [0.717, 1.165) is 11.1 Å². The minimum atomic E-state index is -0.274. The predicted molar refractivity (Wildman–Crippen MR) is 97.5 cm³/mol. The molecule has 0 aliphatic rings. The van der Waals surface area contributed by atoms with Gasteiger partial charge in [-0.1, -0.05) is 47.5 Å². The number of anilines is 1. The number of rotatable bonds is 5. The summed E-state index contributed by atoms with van der Waals surface area (Å²) < 4.78 is 0. The number of carbonyl (C=O) groups is 2. The maximum atomic E-state index is 12.2. The van der Waals surface area contributed by atoms with Gasteiger partial charge in [-0.2, -0.15) is 0 Å². The Kier molecular flexibility index (Phi) is 6.23. The summed E-state index contributed by atoms with van der Waals surface area (Å²) in [6.45, 7) is 3.46. The smallest absolute Gasteiger partial charge is 0.240 e. The third kappa shape index (κ3) is 4.49. The third-order valence-corrected chi connectivity index (χ3v) is 4.42. The second-order valence-electron chi connectivity index (χ2n) is 5.36. The second kappa shape index (κ2) is 8.18. The number of amides is 2. The average Bonchev–Trinajstić information content (AvgIpc) is 2.54. The van der Waals surface area contributed by atoms with Crippen LogP contribution in [0.3, 0.4) is 0 Å². The van der Waals surface area contributed by atoms with E-state index in [9.17, 15) is 9.59 Å². The molecule has 0 unspecified atom stereocenters. The molecule has 2 aromatic rings. The second-order valence-corrected chi connectivity index (χ2v) is 6.17. The molecule has 0 saturated carbocycles. The van der Waals surface area contributed by atoms with Crippen molar-refractivity contribution in [3.8, 4) is 0 Å². The van der Waals surface area contributed by atoms with Crippen LogP contribution in [0.25, 0.3) is 0 Å². The van der Waals surface area contributed by atoms with Crippen LogP contribution in [0, 0.1) is 6.92 Å². The summed E-state index contributed by atoms with van der Waals surface area (Å²) in [7, 11) is 0. The van der Waals surface area contributed by atoms with Gasteiger partial charge >= 0.3 is 0 Å². The number of hydrogen-bond donors (Lipinski definition) is 1. The van der Waals surface area contributed by atoms with Gasteiger partial charge in [0, 0.05) is 29.2 Å². The highest BCUT2D eigenvalue weighted by Gasteiger charge is 2.18. The van der Waals surface area contributed by atoms with Gasteiger partial charge in [0.15, 0.2) is 0 Å². The molecule has 4 nitrogen and oxygen atoms in total. The molecule has 1 N–H and O–H groups in total. The molecule has 0 radical (unpaired) electrons. The van der Waals surface area contributed by atoms with Crippen molar-refractivity contribution in [1.82, 2.24) is 5.32 Å². The van der Waals surface area contributed by atoms with Crippen molar-refractivity contribution in [3.63, 3.8) is 0 Å². The van der Waals surface area contributed by atoms with Crippen LogP contribution in [0.4, 0.5) is 5.69 Å². The summed E-state index contributed by atoms with van der Waals surface area (Å²) in [5.74, 6) is -0.502. The number of halogens is 2. The molecule has 0 fully saturated rings. The molecule has 0 aromatic heterocycles. The van der Waals surface area contributed by atoms with E-state index in [-0.39, 0.29) is 18.4 Å². The van der Waals surface area contributed by atoms with E-state index in [0.29, 0.717) is 22.3 Å². The van der Waals surface area contributed by atoms with Crippen LogP contribution in [-0.4, -0.2) is 18.4 Å². The zero-order valence-electron chi connectivity index (χ0n) is 13.5. The van der Waals surface area contributed by atoms with Crippen molar-refractivity contribution in [1.29, 1.82) is 0 Å². The molecule has 2 rings (SSSR count). The highest BCUT2D eigenvalue weighted by atomic mass is 35.5. The summed E-state index contributed by atoms with van der Waals surface area (Å²) in [6.07, 6.45) is 0. The maximum absolute atomic E-state index is 12.2. The molecule has 126 valence electrons. The van der Waals surface area contributed by atoms with Gasteiger partial charge in [0.2, 0.25) is 11.8 Å². The first-order chi connectivity index (χ1) is 11.4. The Bertz CT molecular complexity index is 762. The van der Waals surface area contributed by atoms with Crippen molar-refractivity contribution in [2.45, 2.75) is 20.4 Å². The minimum Gasteiger partial charge on any atom is -0.350 e. The van der Waals surface area contributed by atoms with Crippen molar-refractivity contribution in [3.05, 3.63) is 63.6 Å². The molecule has 2 amide bonds. The van der Waals surface area contributed by atoms with Gasteiger partial charge < -0.3 is 10.2 Å². The van der Waals surface area contributed by atoms with Gasteiger partial charge in [-0.25, -0.2) is 0 Å². The van der Waals surface area contributed by atoms with Crippen molar-refractivity contribution in [2.24, 2.45) is 0 Å². The molecular formula is C18H18Cl2N2O2. The first kappa shape index (κ1) is 18.3. The van der Waals surface area contributed by atoms with E-state index in [4.69, 9.17) is 23.2 Å². The Labute approximate surface area is 151 Å². The standard InChI is InChI=1S/C18H18Cl2N2O2/c1-12-15(19)8-5-9-17(12)22(13(2)23)11-18(24)21-10-14-6-3-4-7-16(14)20/h3-9H,10-11H2,1-2H3,(H,21,24). The Balaban J connectivity index is 2.08. The Hall–Kier alpha value is -2.04. The van der Waals surface area contributed by atoms with Crippen molar-refractivity contribution in [2.75, 3.05) is 11.4 Å². The summed E-state index contributed by atoms with van der Waals surface area (Å²) in [6, 6.07) is 12.5. The molecule has 0 spiro atoms. The largest absolute Gasteiger partial charge is 0.350 e. The summed E-state index contributed by atoms with van der Waals surface area (Å²) >= 11 is 12.2. The van der Waals surface area contributed by atoms with Gasteiger partial charge in [-0.3, -0.25) is 9.59 Å². The zero-order valence-corrected chi connectivity index (χ0v) is 15.0. The lowest BCUT2D eigenvalue weighted by molar-refractivity contribution is -0.123. The SMILES string of the molecule is CC(=O)N(CC(=O)NCc1ccccc1Cl)c1cccc(Cl)c1C. The fourth-order valence-corrected chi connectivity index (χ4v) is 2.66. The highest BCUT2D eigenvalue weighted by Crippen LogP contribution is 2.26. The fraction of sp³-hybridized carbons (Fsp3) is 0.222. The zero-order chi connectivity index (χ0) is 17.7. The molecule has 0 atom stereocenters. The van der Waals surface area contributed by atoms with Crippen LogP contribution in [0.5, 0.6) is 0 Å². The highest BCUT2D eigenvalue weighted by molar-refractivity contribution is 6.32. The fourth-order valence-electron chi connectivity index (χ4n) is 2.29. The van der Waals surface area contributed by atoms with Gasteiger partial charge in [-0.05, 0) is 36.2 Å². The average molecular weight is 365 g/mol. The molecule has 24 heavy (non-hydrogen) atoms. The Morgan fingerprint density at radius 2 is 1.71 bits per heavy atom. The van der Waals surface area contributed by atoms with Crippen LogP contribution in [-0.2, 0) is 16.1 Å². The molecule has 6 heteroatoms. The lowest BCUT2D eigenvalue weighted by Crippen LogP contribution is -2.40. The van der Waals surface area contributed by atoms with Crippen LogP contribution < -0.4 is 10.2 Å². The Morgan fingerprint density at radius 1 is 1.04 bits per heavy atom. The van der Waals surface area contributed by atoms with Gasteiger partial charge in [0.1, 0.15) is 6.54 Å². The summed E-state index contributed by atoms with van der Waals surface area (Å²) in [5.41, 5.74) is 2.21. The minimum absolute atomic E-state index is 0.0824. The molecule has 2 aromatic carbocycles. The molecule has 0 saturated heterocycles. The van der Waals surface area contributed by atoms with E-state index >= 15 is 0 Å². The van der Waals surface area contributed by atoms with Crippen LogP contribution in [0.2, 0.25) is 10.0 Å². The number of nitrogens with zero attached hydrogens (tertiary/aromatic N) is 1. The lowest BCUT2D eigenvalue weighted by atomic mass is 10.1.